The van der Waals surface area contributed by atoms with Crippen LogP contribution in [0.25, 0.3) is 5.69 Å². The van der Waals surface area contributed by atoms with Gasteiger partial charge in [0, 0.05) is 0 Å². The third-order valence-corrected chi connectivity index (χ3v) is 3.23. The van der Waals surface area contributed by atoms with Crippen LogP contribution in [0.15, 0.2) is 18.2 Å². The lowest BCUT2D eigenvalue weighted by Gasteiger charge is -2.10. The average molecular weight is 289 g/mol. The summed E-state index contributed by atoms with van der Waals surface area (Å²) in [7, 11) is 2.43. The fourth-order valence-corrected chi connectivity index (χ4v) is 1.93. The van der Waals surface area contributed by atoms with Crippen LogP contribution in [0, 0.1) is 13.8 Å². The lowest BCUT2D eigenvalue weighted by atomic mass is 10.1. The molecular weight excluding hydrogens is 274 g/mol. The van der Waals surface area contributed by atoms with Gasteiger partial charge in [-0.05, 0) is 31.0 Å². The quantitative estimate of drug-likeness (QED) is 0.795. The van der Waals surface area contributed by atoms with Gasteiger partial charge in [0.15, 0.2) is 5.69 Å². The molecule has 0 fully saturated rings. The second-order valence-corrected chi connectivity index (χ2v) is 4.40. The van der Waals surface area contributed by atoms with Crippen LogP contribution >= 0.6 is 0 Å². The first kappa shape index (κ1) is 14.7. The minimum atomic E-state index is -0.744. The predicted octanol–water partition coefficient (Wildman–Crippen LogP) is 1.46. The Kier molecular flexibility index (Phi) is 4.02. The van der Waals surface area contributed by atoms with Crippen molar-refractivity contribution in [3.05, 3.63) is 40.7 Å². The molecule has 0 N–H and O–H groups in total. The van der Waals surface area contributed by atoms with E-state index >= 15 is 0 Å². The Balaban J connectivity index is 2.70. The Labute approximate surface area is 121 Å². The van der Waals surface area contributed by atoms with Crippen LogP contribution < -0.4 is 0 Å². The Bertz CT molecular complexity index is 706. The van der Waals surface area contributed by atoms with E-state index in [0.29, 0.717) is 5.69 Å². The highest BCUT2D eigenvalue weighted by Crippen LogP contribution is 2.20. The molecule has 1 heterocycles. The van der Waals surface area contributed by atoms with E-state index in [4.69, 9.17) is 4.74 Å². The Morgan fingerprint density at radius 3 is 2.38 bits per heavy atom. The molecule has 7 nitrogen and oxygen atoms in total. The molecule has 0 unspecified atom stereocenters. The van der Waals surface area contributed by atoms with Gasteiger partial charge in [-0.25, -0.2) is 14.3 Å². The number of ether oxygens (including phenoxy) is 2. The largest absolute Gasteiger partial charge is 0.464 e. The maximum atomic E-state index is 12.0. The monoisotopic (exact) mass is 289 g/mol. The lowest BCUT2D eigenvalue weighted by molar-refractivity contribution is 0.0546. The van der Waals surface area contributed by atoms with Gasteiger partial charge < -0.3 is 9.47 Å². The van der Waals surface area contributed by atoms with Crippen LogP contribution in [0.2, 0.25) is 0 Å². The Morgan fingerprint density at radius 2 is 1.76 bits per heavy atom. The number of esters is 2. The van der Waals surface area contributed by atoms with E-state index in [9.17, 15) is 9.59 Å². The number of carbonyl (C=O) groups excluding carboxylic acids is 2. The van der Waals surface area contributed by atoms with Crippen LogP contribution in [-0.2, 0) is 9.47 Å². The molecule has 0 amide bonds. The second kappa shape index (κ2) is 5.74. The normalized spacial score (nSPS) is 10.3. The minimum absolute atomic E-state index is 0.0574. The molecule has 7 heteroatoms. The topological polar surface area (TPSA) is 83.3 Å². The number of hydrogen-bond acceptors (Lipinski definition) is 6. The minimum Gasteiger partial charge on any atom is -0.464 e. The Hall–Kier alpha value is -2.70. The average Bonchev–Trinajstić information content (AvgIpc) is 2.93. The number of rotatable bonds is 3. The molecule has 110 valence electrons. The van der Waals surface area contributed by atoms with Crippen molar-refractivity contribution in [3.63, 3.8) is 0 Å². The van der Waals surface area contributed by atoms with Gasteiger partial charge in [0.25, 0.3) is 0 Å². The van der Waals surface area contributed by atoms with Crippen LogP contribution in [0.5, 0.6) is 0 Å². The van der Waals surface area contributed by atoms with Gasteiger partial charge in [-0.3, -0.25) is 0 Å². The molecule has 0 bridgehead atoms. The molecule has 0 spiro atoms. The predicted molar refractivity (Wildman–Crippen MR) is 73.5 cm³/mol. The summed E-state index contributed by atoms with van der Waals surface area (Å²) in [6, 6.07) is 5.55. The van der Waals surface area contributed by atoms with Gasteiger partial charge in [0.1, 0.15) is 0 Å². The SMILES string of the molecule is COC(=O)c1nnn(-c2cccc(C)c2C)c1C(=O)OC. The van der Waals surface area contributed by atoms with Crippen molar-refractivity contribution in [2.24, 2.45) is 0 Å². The highest BCUT2D eigenvalue weighted by molar-refractivity contribution is 6.00. The zero-order chi connectivity index (χ0) is 15.6. The van der Waals surface area contributed by atoms with E-state index < -0.39 is 11.9 Å². The zero-order valence-corrected chi connectivity index (χ0v) is 12.2. The molecular formula is C14H15N3O4. The maximum Gasteiger partial charge on any atom is 0.361 e. The number of methoxy groups -OCH3 is 2. The number of aryl methyl sites for hydroxylation is 1. The highest BCUT2D eigenvalue weighted by atomic mass is 16.5. The summed E-state index contributed by atoms with van der Waals surface area (Å²) in [5.74, 6) is -1.45. The molecule has 0 aliphatic heterocycles. The molecule has 0 saturated heterocycles. The number of aromatic nitrogens is 3. The highest BCUT2D eigenvalue weighted by Gasteiger charge is 2.28. The van der Waals surface area contributed by atoms with Crippen LogP contribution in [-0.4, -0.2) is 41.2 Å². The zero-order valence-electron chi connectivity index (χ0n) is 12.2. The number of nitrogens with zero attached hydrogens (tertiary/aromatic N) is 3. The van der Waals surface area contributed by atoms with Gasteiger partial charge >= 0.3 is 11.9 Å². The summed E-state index contributed by atoms with van der Waals surface area (Å²) in [6.07, 6.45) is 0. The molecule has 1 aromatic carbocycles. The smallest absolute Gasteiger partial charge is 0.361 e. The van der Waals surface area contributed by atoms with Crippen molar-refractivity contribution in [3.8, 4) is 5.69 Å². The Morgan fingerprint density at radius 1 is 1.10 bits per heavy atom. The number of carbonyl (C=O) groups is 2. The van der Waals surface area contributed by atoms with Crippen molar-refractivity contribution >= 4 is 11.9 Å². The summed E-state index contributed by atoms with van der Waals surface area (Å²) in [4.78, 5) is 23.7. The molecule has 2 rings (SSSR count). The maximum absolute atomic E-state index is 12.0. The van der Waals surface area contributed by atoms with Crippen molar-refractivity contribution in [1.29, 1.82) is 0 Å². The van der Waals surface area contributed by atoms with Gasteiger partial charge in [0.05, 0.1) is 19.9 Å². The van der Waals surface area contributed by atoms with E-state index in [1.807, 2.05) is 26.0 Å². The molecule has 2 aromatic rings. The molecule has 0 aliphatic carbocycles. The first-order valence-corrected chi connectivity index (χ1v) is 6.20. The summed E-state index contributed by atoms with van der Waals surface area (Å²) >= 11 is 0. The third-order valence-electron chi connectivity index (χ3n) is 3.23. The molecule has 0 radical (unpaired) electrons. The summed E-state index contributed by atoms with van der Waals surface area (Å²) in [5.41, 5.74) is 2.36. The van der Waals surface area contributed by atoms with E-state index in [2.05, 4.69) is 15.0 Å². The summed E-state index contributed by atoms with van der Waals surface area (Å²) in [6.45, 7) is 3.83. The van der Waals surface area contributed by atoms with Crippen molar-refractivity contribution in [2.45, 2.75) is 13.8 Å². The van der Waals surface area contributed by atoms with Crippen LogP contribution in [0.3, 0.4) is 0 Å². The third kappa shape index (κ3) is 2.49. The van der Waals surface area contributed by atoms with Gasteiger partial charge in [-0.1, -0.05) is 17.3 Å². The van der Waals surface area contributed by atoms with E-state index in [1.54, 1.807) is 6.07 Å². The second-order valence-electron chi connectivity index (χ2n) is 4.40. The fourth-order valence-electron chi connectivity index (χ4n) is 1.93. The van der Waals surface area contributed by atoms with E-state index in [-0.39, 0.29) is 11.4 Å². The van der Waals surface area contributed by atoms with E-state index in [0.717, 1.165) is 11.1 Å². The van der Waals surface area contributed by atoms with Crippen molar-refractivity contribution in [2.75, 3.05) is 14.2 Å². The molecule has 0 atom stereocenters. The fraction of sp³-hybridized carbons (Fsp3) is 0.286. The van der Waals surface area contributed by atoms with Crippen molar-refractivity contribution < 1.29 is 19.1 Å². The van der Waals surface area contributed by atoms with Crippen molar-refractivity contribution in [1.82, 2.24) is 15.0 Å². The molecule has 1 aromatic heterocycles. The number of benzene rings is 1. The first-order chi connectivity index (χ1) is 10.0. The molecule has 21 heavy (non-hydrogen) atoms. The van der Waals surface area contributed by atoms with Crippen LogP contribution in [0.1, 0.15) is 32.1 Å². The molecule has 0 aliphatic rings. The van der Waals surface area contributed by atoms with Gasteiger partial charge in [-0.15, -0.1) is 5.10 Å². The summed E-state index contributed by atoms with van der Waals surface area (Å²) in [5, 5.41) is 7.63. The summed E-state index contributed by atoms with van der Waals surface area (Å²) < 4.78 is 10.6. The standard InChI is InChI=1S/C14H15N3O4/c1-8-6-5-7-10(9(8)2)17-12(14(19)21-4)11(15-16-17)13(18)20-3/h5-7H,1-4H3. The van der Waals surface area contributed by atoms with Gasteiger partial charge in [0.2, 0.25) is 5.69 Å². The number of hydrogen-bond donors (Lipinski definition) is 0. The van der Waals surface area contributed by atoms with E-state index in [1.165, 1.54) is 18.9 Å². The lowest BCUT2D eigenvalue weighted by Crippen LogP contribution is -2.16. The van der Waals surface area contributed by atoms with Crippen LogP contribution in [0.4, 0.5) is 0 Å². The van der Waals surface area contributed by atoms with Gasteiger partial charge in [-0.2, -0.15) is 0 Å². The first-order valence-electron chi connectivity index (χ1n) is 6.20. The molecule has 0 saturated carbocycles.